The van der Waals surface area contributed by atoms with Crippen LogP contribution in [0.5, 0.6) is 5.75 Å². The number of hydrogen-bond acceptors (Lipinski definition) is 8. The van der Waals surface area contributed by atoms with Crippen molar-refractivity contribution in [2.24, 2.45) is 0 Å². The number of fused-ring (bicyclic) bond motifs is 1. The number of thiophene rings is 1. The van der Waals surface area contributed by atoms with Crippen LogP contribution in [0.3, 0.4) is 0 Å². The first-order valence-electron chi connectivity index (χ1n) is 10.1. The molecule has 1 aromatic carbocycles. The van der Waals surface area contributed by atoms with Crippen LogP contribution in [0.1, 0.15) is 39.5 Å². The molecule has 0 amide bonds. The third-order valence-electron chi connectivity index (χ3n) is 4.59. The Kier molecular flexibility index (Phi) is 8.60. The van der Waals surface area contributed by atoms with Crippen LogP contribution < -0.4 is 10.3 Å². The number of carbonyl (C=O) groups excluding carboxylic acids is 1. The fourth-order valence-electron chi connectivity index (χ4n) is 2.99. The highest BCUT2D eigenvalue weighted by atomic mass is 35.5. The Morgan fingerprint density at radius 2 is 2.15 bits per heavy atom. The van der Waals surface area contributed by atoms with Gasteiger partial charge in [0.15, 0.2) is 5.82 Å². The third kappa shape index (κ3) is 6.20. The zero-order chi connectivity index (χ0) is 23.8. The lowest BCUT2D eigenvalue weighted by molar-refractivity contribution is 0.0393. The van der Waals surface area contributed by atoms with Gasteiger partial charge in [-0.3, -0.25) is 4.79 Å². The summed E-state index contributed by atoms with van der Waals surface area (Å²) in [4.78, 5) is 32.9. The summed E-state index contributed by atoms with van der Waals surface area (Å²) in [6.45, 7) is 2.52. The van der Waals surface area contributed by atoms with E-state index in [4.69, 9.17) is 31.1 Å². The summed E-state index contributed by atoms with van der Waals surface area (Å²) in [5.41, 5.74) is 0.880. The molecule has 172 valence electrons. The lowest BCUT2D eigenvalue weighted by Crippen LogP contribution is -2.11. The van der Waals surface area contributed by atoms with Gasteiger partial charge in [0, 0.05) is 13.5 Å². The molecule has 2 heterocycles. The van der Waals surface area contributed by atoms with Gasteiger partial charge in [-0.05, 0) is 42.7 Å². The van der Waals surface area contributed by atoms with Gasteiger partial charge in [-0.15, -0.1) is 11.3 Å². The second kappa shape index (κ2) is 11.6. The molecule has 0 fully saturated rings. The van der Waals surface area contributed by atoms with Crippen molar-refractivity contribution in [1.82, 2.24) is 9.97 Å². The maximum Gasteiger partial charge on any atom is 0.348 e. The first-order chi connectivity index (χ1) is 15.9. The molecule has 0 bridgehead atoms. The Balaban J connectivity index is 1.85. The number of ether oxygens (including phenoxy) is 3. The Labute approximate surface area is 199 Å². The number of benzene rings is 1. The van der Waals surface area contributed by atoms with E-state index in [9.17, 15) is 9.59 Å². The SMILES string of the molecule is COCCOC(=O)c1sc2nc(/C(Cl)=C/c3cccc(OCCCC#N)c3)[nH]c(=O)c2c1C. The lowest BCUT2D eigenvalue weighted by atomic mass is 10.2. The second-order valence-electron chi connectivity index (χ2n) is 6.95. The molecule has 3 rings (SSSR count). The molecule has 0 saturated carbocycles. The number of carbonyl (C=O) groups is 1. The van der Waals surface area contributed by atoms with Gasteiger partial charge in [-0.25, -0.2) is 9.78 Å². The van der Waals surface area contributed by atoms with Crippen molar-refractivity contribution in [2.45, 2.75) is 19.8 Å². The van der Waals surface area contributed by atoms with E-state index in [2.05, 4.69) is 16.0 Å². The zero-order valence-electron chi connectivity index (χ0n) is 18.1. The molecule has 8 nitrogen and oxygen atoms in total. The normalized spacial score (nSPS) is 11.4. The molecule has 10 heteroatoms. The van der Waals surface area contributed by atoms with Crippen molar-refractivity contribution in [1.29, 1.82) is 5.26 Å². The van der Waals surface area contributed by atoms with Crippen LogP contribution in [0.4, 0.5) is 0 Å². The van der Waals surface area contributed by atoms with Gasteiger partial charge in [0.05, 0.1) is 29.7 Å². The molecule has 1 N–H and O–H groups in total. The Hall–Kier alpha value is -3.19. The number of methoxy groups -OCH3 is 1. The van der Waals surface area contributed by atoms with Gasteiger partial charge in [-0.2, -0.15) is 5.26 Å². The summed E-state index contributed by atoms with van der Waals surface area (Å²) in [5, 5.41) is 9.16. The first-order valence-corrected chi connectivity index (χ1v) is 11.3. The van der Waals surface area contributed by atoms with Crippen molar-refractivity contribution in [3.8, 4) is 11.8 Å². The van der Waals surface area contributed by atoms with Crippen LogP contribution in [-0.4, -0.2) is 42.9 Å². The van der Waals surface area contributed by atoms with E-state index >= 15 is 0 Å². The van der Waals surface area contributed by atoms with E-state index in [-0.39, 0.29) is 29.6 Å². The number of rotatable bonds is 10. The summed E-state index contributed by atoms with van der Waals surface area (Å²) in [6, 6.07) is 9.34. The second-order valence-corrected chi connectivity index (χ2v) is 8.36. The van der Waals surface area contributed by atoms with Gasteiger partial charge in [0.1, 0.15) is 22.1 Å². The minimum Gasteiger partial charge on any atom is -0.494 e. The number of halogens is 1. The van der Waals surface area contributed by atoms with E-state index in [0.29, 0.717) is 45.9 Å². The molecular weight excluding hydrogens is 466 g/mol. The van der Waals surface area contributed by atoms with Crippen LogP contribution in [0.25, 0.3) is 21.3 Å². The van der Waals surface area contributed by atoms with Gasteiger partial charge in [0.2, 0.25) is 0 Å². The standard InChI is InChI=1S/C23H22ClN3O5S/c1-14-18-21(28)26-20(27-22(18)33-19(14)23(29)32-11-10-30-2)17(24)13-15-6-5-7-16(12-15)31-9-4-3-8-25/h5-7,12-13H,3-4,9-11H2,1-2H3,(H,26,27,28)/b17-13-. The maximum absolute atomic E-state index is 12.7. The molecule has 0 aliphatic rings. The van der Waals surface area contributed by atoms with Crippen molar-refractivity contribution < 1.29 is 19.0 Å². The summed E-state index contributed by atoms with van der Waals surface area (Å²) < 4.78 is 15.7. The van der Waals surface area contributed by atoms with Crippen LogP contribution in [0.15, 0.2) is 29.1 Å². The number of aromatic nitrogens is 2. The van der Waals surface area contributed by atoms with E-state index in [1.165, 1.54) is 7.11 Å². The summed E-state index contributed by atoms with van der Waals surface area (Å²) in [7, 11) is 1.51. The number of esters is 1. The van der Waals surface area contributed by atoms with Crippen molar-refractivity contribution in [3.63, 3.8) is 0 Å². The molecule has 0 atom stereocenters. The van der Waals surface area contributed by atoms with E-state index < -0.39 is 5.97 Å². The minimum atomic E-state index is -0.526. The number of nitrogens with one attached hydrogen (secondary N) is 1. The summed E-state index contributed by atoms with van der Waals surface area (Å²) in [5.74, 6) is 0.311. The lowest BCUT2D eigenvalue weighted by Gasteiger charge is -2.06. The van der Waals surface area contributed by atoms with Crippen LogP contribution >= 0.6 is 22.9 Å². The highest BCUT2D eigenvalue weighted by Gasteiger charge is 2.21. The molecule has 0 radical (unpaired) electrons. The monoisotopic (exact) mass is 487 g/mol. The fraction of sp³-hybridized carbons (Fsp3) is 0.304. The number of aromatic amines is 1. The molecule has 0 aliphatic heterocycles. The van der Waals surface area contributed by atoms with Crippen LogP contribution in [-0.2, 0) is 9.47 Å². The van der Waals surface area contributed by atoms with Gasteiger partial charge < -0.3 is 19.2 Å². The molecule has 3 aromatic rings. The van der Waals surface area contributed by atoms with E-state index in [1.807, 2.05) is 18.2 Å². The summed E-state index contributed by atoms with van der Waals surface area (Å²) >= 11 is 7.54. The highest BCUT2D eigenvalue weighted by molar-refractivity contribution is 7.20. The van der Waals surface area contributed by atoms with Crippen molar-refractivity contribution >= 4 is 50.2 Å². The minimum absolute atomic E-state index is 0.119. The predicted octanol–water partition coefficient (Wildman–Crippen LogP) is 4.52. The average Bonchev–Trinajstić information content (AvgIpc) is 3.14. The molecule has 2 aromatic heterocycles. The maximum atomic E-state index is 12.7. The quantitative estimate of drug-likeness (QED) is 0.330. The van der Waals surface area contributed by atoms with Crippen LogP contribution in [0, 0.1) is 18.3 Å². The van der Waals surface area contributed by atoms with Gasteiger partial charge in [-0.1, -0.05) is 23.7 Å². The van der Waals surface area contributed by atoms with Gasteiger partial charge in [0.25, 0.3) is 5.56 Å². The summed E-state index contributed by atoms with van der Waals surface area (Å²) in [6.07, 6.45) is 2.74. The molecule has 33 heavy (non-hydrogen) atoms. The number of nitriles is 1. The average molecular weight is 488 g/mol. The van der Waals surface area contributed by atoms with Gasteiger partial charge >= 0.3 is 5.97 Å². The smallest absolute Gasteiger partial charge is 0.348 e. The molecule has 0 aliphatic carbocycles. The first kappa shape index (κ1) is 24.5. The van der Waals surface area contributed by atoms with E-state index in [0.717, 1.165) is 16.9 Å². The Bertz CT molecular complexity index is 1280. The number of hydrogen-bond donors (Lipinski definition) is 1. The Morgan fingerprint density at radius 1 is 1.33 bits per heavy atom. The number of H-pyrrole nitrogens is 1. The molecular formula is C23H22ClN3O5S. The van der Waals surface area contributed by atoms with Crippen molar-refractivity contribution in [3.05, 3.63) is 56.4 Å². The third-order valence-corrected chi connectivity index (χ3v) is 6.04. The number of aryl methyl sites for hydroxylation is 1. The predicted molar refractivity (Wildman–Crippen MR) is 128 cm³/mol. The number of nitrogens with zero attached hydrogens (tertiary/aromatic N) is 2. The van der Waals surface area contributed by atoms with Crippen molar-refractivity contribution in [2.75, 3.05) is 26.9 Å². The number of unbranched alkanes of at least 4 members (excludes halogenated alkanes) is 1. The molecule has 0 saturated heterocycles. The topological polar surface area (TPSA) is 114 Å². The molecule has 0 spiro atoms. The largest absolute Gasteiger partial charge is 0.494 e. The van der Waals surface area contributed by atoms with Crippen LogP contribution in [0.2, 0.25) is 0 Å². The molecule has 0 unspecified atom stereocenters. The fourth-order valence-corrected chi connectivity index (χ4v) is 4.28. The zero-order valence-corrected chi connectivity index (χ0v) is 19.7. The highest BCUT2D eigenvalue weighted by Crippen LogP contribution is 2.29. The van der Waals surface area contributed by atoms with E-state index in [1.54, 1.807) is 19.1 Å². The Morgan fingerprint density at radius 3 is 2.91 bits per heavy atom.